The highest BCUT2D eigenvalue weighted by Crippen LogP contribution is 2.37. The third kappa shape index (κ3) is 18.4. The fraction of sp³-hybridized carbons (Fsp3) is 0.750. The molecule has 3 nitrogen and oxygen atoms in total. The van der Waals surface area contributed by atoms with Crippen LogP contribution in [0.1, 0.15) is 230 Å². The molecule has 0 saturated heterocycles. The number of unbranched alkanes of at least 4 members (excludes halogenated alkanes) is 30. The molecule has 1 aromatic heterocycles. The summed E-state index contributed by atoms with van der Waals surface area (Å²) >= 11 is 0. The van der Waals surface area contributed by atoms with Crippen LogP contribution < -0.4 is 0 Å². The van der Waals surface area contributed by atoms with Crippen molar-refractivity contribution in [1.29, 1.82) is 0 Å². The van der Waals surface area contributed by atoms with Gasteiger partial charge >= 0.3 is 0 Å². The van der Waals surface area contributed by atoms with Crippen molar-refractivity contribution in [3.05, 3.63) is 35.4 Å². The first-order valence-electron chi connectivity index (χ1n) is 22.5. The molecule has 0 radical (unpaired) electrons. The van der Waals surface area contributed by atoms with Crippen molar-refractivity contribution in [2.45, 2.75) is 232 Å². The number of benzene rings is 2. The first-order chi connectivity index (χ1) is 25.1. The van der Waals surface area contributed by atoms with E-state index in [0.29, 0.717) is 22.7 Å². The molecule has 2 N–H and O–H groups in total. The second-order valence-electron chi connectivity index (χ2n) is 16.2. The van der Waals surface area contributed by atoms with E-state index in [2.05, 4.69) is 26.0 Å². The minimum Gasteiger partial charge on any atom is -0.508 e. The summed E-state index contributed by atoms with van der Waals surface area (Å²) in [7, 11) is 0. The van der Waals surface area contributed by atoms with E-state index in [9.17, 15) is 10.2 Å². The molecule has 0 aliphatic rings. The molecular formula is C48H80O3. The van der Waals surface area contributed by atoms with Gasteiger partial charge in [0.2, 0.25) is 0 Å². The lowest BCUT2D eigenvalue weighted by molar-refractivity contribution is 0.464. The summed E-state index contributed by atoms with van der Waals surface area (Å²) in [5.41, 5.74) is 3.44. The highest BCUT2D eigenvalue weighted by atomic mass is 16.3. The van der Waals surface area contributed by atoms with Crippen molar-refractivity contribution in [2.24, 2.45) is 0 Å². The van der Waals surface area contributed by atoms with Gasteiger partial charge in [-0.2, -0.15) is 0 Å². The number of aromatic hydroxyl groups is 2. The van der Waals surface area contributed by atoms with E-state index < -0.39 is 0 Å². The van der Waals surface area contributed by atoms with Crippen LogP contribution in [-0.4, -0.2) is 10.2 Å². The van der Waals surface area contributed by atoms with Crippen molar-refractivity contribution in [3.63, 3.8) is 0 Å². The Labute approximate surface area is 314 Å². The lowest BCUT2D eigenvalue weighted by Gasteiger charge is -2.07. The minimum absolute atomic E-state index is 0.333. The van der Waals surface area contributed by atoms with Crippen LogP contribution in [0.4, 0.5) is 0 Å². The maximum atomic E-state index is 10.8. The van der Waals surface area contributed by atoms with Crippen LogP contribution in [0.5, 0.6) is 11.5 Å². The van der Waals surface area contributed by atoms with Crippen molar-refractivity contribution in [1.82, 2.24) is 0 Å². The quantitative estimate of drug-likeness (QED) is 0.0609. The van der Waals surface area contributed by atoms with Gasteiger partial charge in [-0.1, -0.05) is 206 Å². The van der Waals surface area contributed by atoms with Gasteiger partial charge in [0.15, 0.2) is 0 Å². The molecular weight excluding hydrogens is 625 g/mol. The van der Waals surface area contributed by atoms with Gasteiger partial charge in [-0.05, 0) is 48.9 Å². The number of hydrogen-bond acceptors (Lipinski definition) is 3. The Kier molecular flexibility index (Phi) is 24.0. The van der Waals surface area contributed by atoms with Crippen LogP contribution in [0, 0.1) is 0 Å². The van der Waals surface area contributed by atoms with Crippen LogP contribution in [-0.2, 0) is 12.8 Å². The van der Waals surface area contributed by atoms with E-state index in [4.69, 9.17) is 4.42 Å². The third-order valence-corrected chi connectivity index (χ3v) is 11.5. The normalized spacial score (nSPS) is 11.8. The number of furan rings is 1. The van der Waals surface area contributed by atoms with Crippen molar-refractivity contribution in [3.8, 4) is 11.5 Å². The van der Waals surface area contributed by atoms with Crippen LogP contribution >= 0.6 is 0 Å². The molecule has 0 aliphatic heterocycles. The van der Waals surface area contributed by atoms with Crippen molar-refractivity contribution in [2.75, 3.05) is 0 Å². The van der Waals surface area contributed by atoms with Gasteiger partial charge < -0.3 is 14.6 Å². The third-order valence-electron chi connectivity index (χ3n) is 11.5. The summed E-state index contributed by atoms with van der Waals surface area (Å²) in [6.45, 7) is 4.58. The SMILES string of the molecule is CCCCCCCCCCCCCCCCCCc1cc2c(cc1O)oc1cc(O)c(CCCCCCCCCCCCCCCCCC)cc12. The Morgan fingerprint density at radius 2 is 0.569 bits per heavy atom. The van der Waals surface area contributed by atoms with Gasteiger partial charge in [-0.3, -0.25) is 0 Å². The molecule has 0 amide bonds. The van der Waals surface area contributed by atoms with E-state index >= 15 is 0 Å². The second-order valence-corrected chi connectivity index (χ2v) is 16.2. The maximum Gasteiger partial charge on any atom is 0.139 e. The van der Waals surface area contributed by atoms with Gasteiger partial charge in [-0.25, -0.2) is 0 Å². The average Bonchev–Trinajstić information content (AvgIpc) is 3.46. The average molecular weight is 705 g/mol. The predicted octanol–water partition coefficient (Wildman–Crippen LogP) is 16.6. The smallest absolute Gasteiger partial charge is 0.139 e. The number of fused-ring (bicyclic) bond motifs is 3. The second kappa shape index (κ2) is 28.4. The first-order valence-corrected chi connectivity index (χ1v) is 22.5. The predicted molar refractivity (Wildman–Crippen MR) is 224 cm³/mol. The summed E-state index contributed by atoms with van der Waals surface area (Å²) in [6, 6.07) is 7.83. The van der Waals surface area contributed by atoms with Gasteiger partial charge in [0, 0.05) is 22.9 Å². The Balaban J connectivity index is 1.26. The lowest BCUT2D eigenvalue weighted by atomic mass is 9.99. The fourth-order valence-electron chi connectivity index (χ4n) is 8.06. The highest BCUT2D eigenvalue weighted by molar-refractivity contribution is 6.06. The first kappa shape index (κ1) is 43.2. The maximum absolute atomic E-state index is 10.8. The number of hydrogen-bond donors (Lipinski definition) is 2. The molecule has 0 atom stereocenters. The minimum atomic E-state index is 0.333. The molecule has 3 aromatic rings. The summed E-state index contributed by atoms with van der Waals surface area (Å²) in [4.78, 5) is 0. The van der Waals surface area contributed by atoms with E-state index in [0.717, 1.165) is 47.6 Å². The number of phenols is 2. The molecule has 3 heteroatoms. The topological polar surface area (TPSA) is 53.6 Å². The molecule has 0 fully saturated rings. The van der Waals surface area contributed by atoms with E-state index in [1.165, 1.54) is 193 Å². The van der Waals surface area contributed by atoms with Crippen molar-refractivity contribution < 1.29 is 14.6 Å². The molecule has 0 spiro atoms. The Bertz CT molecular complexity index is 1180. The zero-order valence-electron chi connectivity index (χ0n) is 33.7. The van der Waals surface area contributed by atoms with Gasteiger partial charge in [0.05, 0.1) is 0 Å². The van der Waals surface area contributed by atoms with Crippen LogP contribution in [0.25, 0.3) is 21.9 Å². The van der Waals surface area contributed by atoms with Crippen LogP contribution in [0.3, 0.4) is 0 Å². The number of phenolic OH excluding ortho intramolecular Hbond substituents is 2. The van der Waals surface area contributed by atoms with Gasteiger partial charge in [0.25, 0.3) is 0 Å². The van der Waals surface area contributed by atoms with Crippen molar-refractivity contribution >= 4 is 21.9 Å². The lowest BCUT2D eigenvalue weighted by Crippen LogP contribution is -1.89. The summed E-state index contributed by atoms with van der Waals surface area (Å²) in [5.74, 6) is 0.667. The standard InChI is InChI=1S/C48H80O3/c1-3-5-7-9-11-13-15-17-19-21-23-25-27-29-31-33-35-41-37-43-44-38-42(46(50)40-48(44)51-47(43)39-45(41)49)36-34-32-30-28-26-24-22-20-18-16-14-12-10-8-6-4-2/h37-40,49-50H,3-36H2,1-2H3. The molecule has 3 rings (SSSR count). The summed E-state index contributed by atoms with van der Waals surface area (Å²) in [6.07, 6.45) is 45.6. The zero-order chi connectivity index (χ0) is 36.2. The molecule has 51 heavy (non-hydrogen) atoms. The molecule has 0 aliphatic carbocycles. The van der Waals surface area contributed by atoms with E-state index in [1.807, 2.05) is 0 Å². The van der Waals surface area contributed by atoms with Gasteiger partial charge in [0.1, 0.15) is 22.7 Å². The fourth-order valence-corrected chi connectivity index (χ4v) is 8.06. The number of rotatable bonds is 34. The molecule has 290 valence electrons. The Morgan fingerprint density at radius 1 is 0.333 bits per heavy atom. The summed E-state index contributed by atoms with van der Waals surface area (Å²) < 4.78 is 6.07. The molecule has 2 aromatic carbocycles. The highest BCUT2D eigenvalue weighted by Gasteiger charge is 2.14. The largest absolute Gasteiger partial charge is 0.508 e. The van der Waals surface area contributed by atoms with Crippen LogP contribution in [0.2, 0.25) is 0 Å². The molecule has 0 saturated carbocycles. The molecule has 1 heterocycles. The molecule has 0 bridgehead atoms. The van der Waals surface area contributed by atoms with E-state index in [1.54, 1.807) is 12.1 Å². The van der Waals surface area contributed by atoms with Crippen LogP contribution in [0.15, 0.2) is 28.7 Å². The van der Waals surface area contributed by atoms with E-state index in [-0.39, 0.29) is 0 Å². The Morgan fingerprint density at radius 3 is 0.824 bits per heavy atom. The monoisotopic (exact) mass is 705 g/mol. The van der Waals surface area contributed by atoms with Gasteiger partial charge in [-0.15, -0.1) is 0 Å². The Hall–Kier alpha value is -2.16. The molecule has 0 unspecified atom stereocenters. The number of aryl methyl sites for hydroxylation is 2. The summed E-state index contributed by atoms with van der Waals surface area (Å²) in [5, 5.41) is 23.7. The zero-order valence-corrected chi connectivity index (χ0v) is 33.7.